The first-order valence-corrected chi connectivity index (χ1v) is 6.86. The molecule has 4 rings (SSSR count). The molecule has 0 atom stereocenters. The SMILES string of the molecule is Oc1ccc(-c2ccncc2)cc1-c1nc2ncccc2[nH]1. The first-order chi connectivity index (χ1) is 10.8. The summed E-state index contributed by atoms with van der Waals surface area (Å²) in [6.07, 6.45) is 5.18. The van der Waals surface area contributed by atoms with Crippen LogP contribution in [-0.4, -0.2) is 25.0 Å². The topological polar surface area (TPSA) is 74.7 Å². The number of hydrogen-bond donors (Lipinski definition) is 2. The molecule has 0 amide bonds. The van der Waals surface area contributed by atoms with E-state index in [4.69, 9.17) is 0 Å². The number of nitrogens with zero attached hydrogens (tertiary/aromatic N) is 3. The highest BCUT2D eigenvalue weighted by atomic mass is 16.3. The van der Waals surface area contributed by atoms with Gasteiger partial charge in [0.1, 0.15) is 11.6 Å². The number of nitrogens with one attached hydrogen (secondary N) is 1. The fourth-order valence-corrected chi connectivity index (χ4v) is 2.42. The highest BCUT2D eigenvalue weighted by Gasteiger charge is 2.11. The van der Waals surface area contributed by atoms with Crippen molar-refractivity contribution in [1.82, 2.24) is 19.9 Å². The van der Waals surface area contributed by atoms with Gasteiger partial charge in [-0.15, -0.1) is 0 Å². The van der Waals surface area contributed by atoms with Crippen molar-refractivity contribution >= 4 is 11.2 Å². The van der Waals surface area contributed by atoms with Gasteiger partial charge in [0.05, 0.1) is 11.1 Å². The molecule has 0 aliphatic rings. The zero-order chi connectivity index (χ0) is 14.9. The number of fused-ring (bicyclic) bond motifs is 1. The van der Waals surface area contributed by atoms with Gasteiger partial charge in [0.2, 0.25) is 0 Å². The molecule has 0 saturated heterocycles. The van der Waals surface area contributed by atoms with Crippen LogP contribution >= 0.6 is 0 Å². The van der Waals surface area contributed by atoms with Crippen molar-refractivity contribution in [3.05, 3.63) is 61.1 Å². The van der Waals surface area contributed by atoms with Gasteiger partial charge < -0.3 is 10.1 Å². The molecule has 2 N–H and O–H groups in total. The number of benzene rings is 1. The summed E-state index contributed by atoms with van der Waals surface area (Å²) in [5, 5.41) is 10.2. The molecule has 3 heterocycles. The summed E-state index contributed by atoms with van der Waals surface area (Å²) >= 11 is 0. The van der Waals surface area contributed by atoms with Crippen LogP contribution in [0, 0.1) is 0 Å². The summed E-state index contributed by atoms with van der Waals surface area (Å²) in [4.78, 5) is 15.9. The molecular weight excluding hydrogens is 276 g/mol. The summed E-state index contributed by atoms with van der Waals surface area (Å²) in [6.45, 7) is 0. The molecule has 3 aromatic heterocycles. The summed E-state index contributed by atoms with van der Waals surface area (Å²) in [7, 11) is 0. The van der Waals surface area contributed by atoms with Crippen LogP contribution in [-0.2, 0) is 0 Å². The first-order valence-electron chi connectivity index (χ1n) is 6.86. The largest absolute Gasteiger partial charge is 0.507 e. The van der Waals surface area contributed by atoms with Crippen molar-refractivity contribution in [3.63, 3.8) is 0 Å². The average Bonchev–Trinajstić information content (AvgIpc) is 3.00. The van der Waals surface area contributed by atoms with Crippen LogP contribution in [0.3, 0.4) is 0 Å². The van der Waals surface area contributed by atoms with E-state index in [-0.39, 0.29) is 5.75 Å². The number of phenolic OH excluding ortho intramolecular Hbond substituents is 1. The lowest BCUT2D eigenvalue weighted by atomic mass is 10.0. The van der Waals surface area contributed by atoms with Crippen LogP contribution in [0.4, 0.5) is 0 Å². The third kappa shape index (κ3) is 2.09. The lowest BCUT2D eigenvalue weighted by molar-refractivity contribution is 0.477. The molecule has 0 bridgehead atoms. The Hall–Kier alpha value is -3.21. The second-order valence-corrected chi connectivity index (χ2v) is 4.93. The number of hydrogen-bond acceptors (Lipinski definition) is 4. The number of aromatic amines is 1. The second kappa shape index (κ2) is 4.96. The molecule has 4 aromatic rings. The molecule has 5 heteroatoms. The van der Waals surface area contributed by atoms with Crippen molar-refractivity contribution in [2.45, 2.75) is 0 Å². The highest BCUT2D eigenvalue weighted by molar-refractivity contribution is 5.80. The summed E-state index contributed by atoms with van der Waals surface area (Å²) < 4.78 is 0. The number of pyridine rings is 2. The smallest absolute Gasteiger partial charge is 0.178 e. The summed E-state index contributed by atoms with van der Waals surface area (Å²) in [5.41, 5.74) is 4.14. The summed E-state index contributed by atoms with van der Waals surface area (Å²) in [6, 6.07) is 13.1. The molecule has 0 spiro atoms. The van der Waals surface area contributed by atoms with Gasteiger partial charge in [0.25, 0.3) is 0 Å². The Labute approximate surface area is 126 Å². The fraction of sp³-hybridized carbons (Fsp3) is 0. The Morgan fingerprint density at radius 3 is 2.59 bits per heavy atom. The molecule has 5 nitrogen and oxygen atoms in total. The first kappa shape index (κ1) is 12.5. The fourth-order valence-electron chi connectivity index (χ4n) is 2.42. The average molecular weight is 288 g/mol. The molecule has 0 aliphatic heterocycles. The van der Waals surface area contributed by atoms with E-state index in [1.807, 2.05) is 36.4 Å². The van der Waals surface area contributed by atoms with Crippen LogP contribution in [0.15, 0.2) is 61.1 Å². The van der Waals surface area contributed by atoms with E-state index in [9.17, 15) is 5.11 Å². The Morgan fingerprint density at radius 1 is 0.909 bits per heavy atom. The zero-order valence-corrected chi connectivity index (χ0v) is 11.6. The number of imidazole rings is 1. The molecule has 1 aromatic carbocycles. The molecule has 0 saturated carbocycles. The lowest BCUT2D eigenvalue weighted by Gasteiger charge is -2.06. The monoisotopic (exact) mass is 288 g/mol. The highest BCUT2D eigenvalue weighted by Crippen LogP contribution is 2.32. The minimum absolute atomic E-state index is 0.178. The third-order valence-electron chi connectivity index (χ3n) is 3.52. The molecule has 22 heavy (non-hydrogen) atoms. The van der Waals surface area contributed by atoms with E-state index < -0.39 is 0 Å². The third-order valence-corrected chi connectivity index (χ3v) is 3.52. The summed E-state index contributed by atoms with van der Waals surface area (Å²) in [5.74, 6) is 0.777. The standard InChI is InChI=1S/C17H12N4O/c22-15-4-3-12(11-5-8-18-9-6-11)10-13(15)16-20-14-2-1-7-19-17(14)21-16/h1-10,22H,(H,19,20,21). The van der Waals surface area contributed by atoms with E-state index in [1.165, 1.54) is 0 Å². The van der Waals surface area contributed by atoms with Crippen LogP contribution in [0.25, 0.3) is 33.7 Å². The van der Waals surface area contributed by atoms with Gasteiger partial charge in [0.15, 0.2) is 5.65 Å². The number of rotatable bonds is 2. The van der Waals surface area contributed by atoms with Crippen molar-refractivity contribution < 1.29 is 5.11 Å². The van der Waals surface area contributed by atoms with Crippen molar-refractivity contribution in [3.8, 4) is 28.3 Å². The second-order valence-electron chi connectivity index (χ2n) is 4.93. The van der Waals surface area contributed by atoms with Crippen molar-refractivity contribution in [1.29, 1.82) is 0 Å². The van der Waals surface area contributed by atoms with E-state index in [2.05, 4.69) is 19.9 Å². The number of aromatic hydroxyl groups is 1. The van der Waals surface area contributed by atoms with Gasteiger partial charge >= 0.3 is 0 Å². The quantitative estimate of drug-likeness (QED) is 0.593. The van der Waals surface area contributed by atoms with Gasteiger partial charge in [0, 0.05) is 18.6 Å². The van der Waals surface area contributed by atoms with E-state index in [1.54, 1.807) is 24.7 Å². The molecule has 106 valence electrons. The molecule has 0 unspecified atom stereocenters. The van der Waals surface area contributed by atoms with Crippen LogP contribution < -0.4 is 0 Å². The minimum atomic E-state index is 0.178. The minimum Gasteiger partial charge on any atom is -0.507 e. The molecule has 0 aliphatic carbocycles. The Balaban J connectivity index is 1.87. The number of aromatic nitrogens is 4. The number of phenols is 1. The van der Waals surface area contributed by atoms with E-state index in [0.29, 0.717) is 17.0 Å². The van der Waals surface area contributed by atoms with Crippen molar-refractivity contribution in [2.75, 3.05) is 0 Å². The van der Waals surface area contributed by atoms with Gasteiger partial charge in [-0.3, -0.25) is 4.98 Å². The number of H-pyrrole nitrogens is 1. The van der Waals surface area contributed by atoms with Crippen LogP contribution in [0.1, 0.15) is 0 Å². The lowest BCUT2D eigenvalue weighted by Crippen LogP contribution is -1.85. The predicted octanol–water partition coefficient (Wildman–Crippen LogP) is 3.39. The Morgan fingerprint density at radius 2 is 1.77 bits per heavy atom. The zero-order valence-electron chi connectivity index (χ0n) is 11.6. The van der Waals surface area contributed by atoms with Gasteiger partial charge in [-0.2, -0.15) is 0 Å². The maximum Gasteiger partial charge on any atom is 0.178 e. The van der Waals surface area contributed by atoms with Crippen molar-refractivity contribution in [2.24, 2.45) is 0 Å². The van der Waals surface area contributed by atoms with Gasteiger partial charge in [-0.1, -0.05) is 6.07 Å². The predicted molar refractivity (Wildman–Crippen MR) is 84.2 cm³/mol. The van der Waals surface area contributed by atoms with Crippen LogP contribution in [0.5, 0.6) is 5.75 Å². The molecule has 0 radical (unpaired) electrons. The maximum absolute atomic E-state index is 10.2. The van der Waals surface area contributed by atoms with E-state index in [0.717, 1.165) is 16.6 Å². The Kier molecular flexibility index (Phi) is 2.83. The normalized spacial score (nSPS) is 10.9. The molecule has 0 fully saturated rings. The Bertz CT molecular complexity index is 914. The van der Waals surface area contributed by atoms with E-state index >= 15 is 0 Å². The molecular formula is C17H12N4O. The van der Waals surface area contributed by atoms with Gasteiger partial charge in [-0.05, 0) is 47.5 Å². The van der Waals surface area contributed by atoms with Gasteiger partial charge in [-0.25, -0.2) is 9.97 Å². The van der Waals surface area contributed by atoms with Crippen LogP contribution in [0.2, 0.25) is 0 Å². The maximum atomic E-state index is 10.2.